The van der Waals surface area contributed by atoms with Gasteiger partial charge in [-0.25, -0.2) is 19.7 Å². The van der Waals surface area contributed by atoms with Gasteiger partial charge in [0.15, 0.2) is 0 Å². The molecule has 0 spiro atoms. The number of carbonyl (C=O) groups is 1. The van der Waals surface area contributed by atoms with Crippen LogP contribution in [0.25, 0.3) is 0 Å². The molecule has 2 aromatic rings. The van der Waals surface area contributed by atoms with Gasteiger partial charge in [0.05, 0.1) is 0 Å². The third kappa shape index (κ3) is 3.39. The number of carbonyl (C=O) groups excluding carboxylic acids is 1. The summed E-state index contributed by atoms with van der Waals surface area (Å²) in [7, 11) is 0. The Kier molecular flexibility index (Phi) is 3.46. The van der Waals surface area contributed by atoms with Gasteiger partial charge in [0.1, 0.15) is 5.15 Å². The van der Waals surface area contributed by atoms with E-state index in [2.05, 4.69) is 25.6 Å². The Bertz CT molecular complexity index is 519. The number of hydrogen-bond donors (Lipinski definition) is 2. The molecule has 7 heteroatoms. The molecule has 0 unspecified atom stereocenters. The van der Waals surface area contributed by atoms with Crippen LogP contribution >= 0.6 is 11.6 Å². The Balaban J connectivity index is 1.98. The SMILES string of the molecule is O=C(Nc1ccnc(Cl)c1)Nc1ncccn1. The fraction of sp³-hybridized carbons (Fsp3) is 0. The van der Waals surface area contributed by atoms with E-state index in [4.69, 9.17) is 11.6 Å². The number of urea groups is 1. The minimum atomic E-state index is -0.446. The summed E-state index contributed by atoms with van der Waals surface area (Å²) in [6, 6.07) is 4.37. The van der Waals surface area contributed by atoms with Crippen LogP contribution in [0.3, 0.4) is 0 Å². The Morgan fingerprint density at radius 2 is 1.88 bits per heavy atom. The molecular weight excluding hydrogens is 242 g/mol. The summed E-state index contributed by atoms with van der Waals surface area (Å²) in [4.78, 5) is 23.0. The molecule has 17 heavy (non-hydrogen) atoms. The highest BCUT2D eigenvalue weighted by molar-refractivity contribution is 6.29. The fourth-order valence-corrected chi connectivity index (χ4v) is 1.28. The maximum Gasteiger partial charge on any atom is 0.326 e. The van der Waals surface area contributed by atoms with Crippen LogP contribution in [0, 0.1) is 0 Å². The fourth-order valence-electron chi connectivity index (χ4n) is 1.11. The minimum Gasteiger partial charge on any atom is -0.307 e. The molecule has 2 rings (SSSR count). The molecule has 0 aliphatic heterocycles. The second-order valence-electron chi connectivity index (χ2n) is 3.02. The van der Waals surface area contributed by atoms with E-state index in [1.54, 1.807) is 12.1 Å². The lowest BCUT2D eigenvalue weighted by Gasteiger charge is -2.05. The highest BCUT2D eigenvalue weighted by Gasteiger charge is 2.04. The van der Waals surface area contributed by atoms with E-state index in [0.717, 1.165) is 0 Å². The van der Waals surface area contributed by atoms with E-state index in [9.17, 15) is 4.79 Å². The second kappa shape index (κ2) is 5.22. The van der Waals surface area contributed by atoms with Crippen molar-refractivity contribution in [3.63, 3.8) is 0 Å². The smallest absolute Gasteiger partial charge is 0.307 e. The number of amides is 2. The highest BCUT2D eigenvalue weighted by Crippen LogP contribution is 2.11. The lowest BCUT2D eigenvalue weighted by molar-refractivity contribution is 0.262. The van der Waals surface area contributed by atoms with Crippen molar-refractivity contribution >= 4 is 29.3 Å². The summed E-state index contributed by atoms with van der Waals surface area (Å²) in [6.45, 7) is 0. The Morgan fingerprint density at radius 3 is 2.59 bits per heavy atom. The first-order valence-electron chi connectivity index (χ1n) is 4.70. The van der Waals surface area contributed by atoms with Crippen LogP contribution in [0.2, 0.25) is 5.15 Å². The maximum atomic E-state index is 11.5. The summed E-state index contributed by atoms with van der Waals surface area (Å²) in [5.74, 6) is 0.227. The van der Waals surface area contributed by atoms with Crippen LogP contribution in [0.4, 0.5) is 16.4 Å². The van der Waals surface area contributed by atoms with Gasteiger partial charge in [0, 0.05) is 24.3 Å². The average molecular weight is 250 g/mol. The number of nitrogens with one attached hydrogen (secondary N) is 2. The van der Waals surface area contributed by atoms with Crippen molar-refractivity contribution in [2.75, 3.05) is 10.6 Å². The molecule has 0 fully saturated rings. The minimum absolute atomic E-state index is 0.227. The number of nitrogens with zero attached hydrogens (tertiary/aromatic N) is 3. The highest BCUT2D eigenvalue weighted by atomic mass is 35.5. The monoisotopic (exact) mass is 249 g/mol. The van der Waals surface area contributed by atoms with Crippen molar-refractivity contribution < 1.29 is 4.79 Å². The summed E-state index contributed by atoms with van der Waals surface area (Å²) in [5.41, 5.74) is 0.540. The molecular formula is C10H8ClN5O. The Hall–Kier alpha value is -2.21. The van der Waals surface area contributed by atoms with Crippen LogP contribution in [-0.4, -0.2) is 21.0 Å². The quantitative estimate of drug-likeness (QED) is 0.800. The Morgan fingerprint density at radius 1 is 1.12 bits per heavy atom. The standard InChI is InChI=1S/C10H8ClN5O/c11-8-6-7(2-5-12-8)15-10(17)16-9-13-3-1-4-14-9/h1-6H,(H2,12,13,14,15,16,17). The van der Waals surface area contributed by atoms with Crippen molar-refractivity contribution in [1.82, 2.24) is 15.0 Å². The third-order valence-electron chi connectivity index (χ3n) is 1.78. The topological polar surface area (TPSA) is 79.8 Å². The summed E-state index contributed by atoms with van der Waals surface area (Å²) in [5, 5.41) is 5.36. The lowest BCUT2D eigenvalue weighted by atomic mass is 10.4. The van der Waals surface area contributed by atoms with Crippen molar-refractivity contribution in [1.29, 1.82) is 0 Å². The predicted molar refractivity (Wildman–Crippen MR) is 63.9 cm³/mol. The Labute approximate surface area is 102 Å². The molecule has 0 aliphatic rings. The van der Waals surface area contributed by atoms with E-state index < -0.39 is 6.03 Å². The molecule has 2 amide bonds. The molecule has 0 aromatic carbocycles. The van der Waals surface area contributed by atoms with Gasteiger partial charge in [-0.15, -0.1) is 0 Å². The molecule has 0 saturated heterocycles. The van der Waals surface area contributed by atoms with Gasteiger partial charge in [-0.2, -0.15) is 0 Å². The zero-order chi connectivity index (χ0) is 12.1. The van der Waals surface area contributed by atoms with Crippen LogP contribution in [-0.2, 0) is 0 Å². The van der Waals surface area contributed by atoms with Gasteiger partial charge < -0.3 is 5.32 Å². The molecule has 0 atom stereocenters. The van der Waals surface area contributed by atoms with Crippen molar-refractivity contribution in [3.05, 3.63) is 41.9 Å². The van der Waals surface area contributed by atoms with E-state index in [1.165, 1.54) is 24.7 Å². The van der Waals surface area contributed by atoms with Gasteiger partial charge >= 0.3 is 6.03 Å². The zero-order valence-electron chi connectivity index (χ0n) is 8.59. The normalized spacial score (nSPS) is 9.71. The molecule has 2 N–H and O–H groups in total. The number of halogens is 1. The second-order valence-corrected chi connectivity index (χ2v) is 3.41. The number of hydrogen-bond acceptors (Lipinski definition) is 4. The summed E-state index contributed by atoms with van der Waals surface area (Å²) < 4.78 is 0. The largest absolute Gasteiger partial charge is 0.326 e. The van der Waals surface area contributed by atoms with Crippen LogP contribution < -0.4 is 10.6 Å². The molecule has 2 aromatic heterocycles. The van der Waals surface area contributed by atoms with Gasteiger partial charge in [-0.1, -0.05) is 11.6 Å². The average Bonchev–Trinajstić information content (AvgIpc) is 2.30. The molecule has 0 bridgehead atoms. The van der Waals surface area contributed by atoms with E-state index in [-0.39, 0.29) is 5.95 Å². The first-order chi connectivity index (χ1) is 8.24. The molecule has 0 radical (unpaired) electrons. The van der Waals surface area contributed by atoms with Crippen molar-refractivity contribution in [3.8, 4) is 0 Å². The van der Waals surface area contributed by atoms with Crippen LogP contribution in [0.5, 0.6) is 0 Å². The number of aromatic nitrogens is 3. The summed E-state index contributed by atoms with van der Waals surface area (Å²) >= 11 is 5.68. The third-order valence-corrected chi connectivity index (χ3v) is 1.98. The predicted octanol–water partition coefficient (Wildman–Crippen LogP) is 2.17. The molecule has 86 valence electrons. The van der Waals surface area contributed by atoms with Gasteiger partial charge in [-0.3, -0.25) is 5.32 Å². The number of anilines is 2. The van der Waals surface area contributed by atoms with Crippen molar-refractivity contribution in [2.24, 2.45) is 0 Å². The zero-order valence-corrected chi connectivity index (χ0v) is 9.35. The van der Waals surface area contributed by atoms with E-state index in [0.29, 0.717) is 10.8 Å². The first kappa shape index (κ1) is 11.3. The van der Waals surface area contributed by atoms with Crippen molar-refractivity contribution in [2.45, 2.75) is 0 Å². The van der Waals surface area contributed by atoms with E-state index >= 15 is 0 Å². The lowest BCUT2D eigenvalue weighted by Crippen LogP contribution is -2.20. The van der Waals surface area contributed by atoms with Gasteiger partial charge in [0.25, 0.3) is 0 Å². The molecule has 2 heterocycles. The maximum absolute atomic E-state index is 11.5. The van der Waals surface area contributed by atoms with Gasteiger partial charge in [-0.05, 0) is 18.2 Å². The van der Waals surface area contributed by atoms with Crippen LogP contribution in [0.1, 0.15) is 0 Å². The summed E-state index contributed by atoms with van der Waals surface area (Å²) in [6.07, 6.45) is 4.56. The molecule has 0 saturated carbocycles. The number of rotatable bonds is 2. The van der Waals surface area contributed by atoms with Gasteiger partial charge in [0.2, 0.25) is 5.95 Å². The van der Waals surface area contributed by atoms with Crippen LogP contribution in [0.15, 0.2) is 36.8 Å². The first-order valence-corrected chi connectivity index (χ1v) is 5.08. The molecule has 6 nitrogen and oxygen atoms in total. The number of pyridine rings is 1. The molecule has 0 aliphatic carbocycles. The van der Waals surface area contributed by atoms with E-state index in [1.807, 2.05) is 0 Å².